The van der Waals surface area contributed by atoms with E-state index in [-0.39, 0.29) is 6.10 Å². The van der Waals surface area contributed by atoms with Crippen molar-refractivity contribution in [2.24, 2.45) is 5.92 Å². The van der Waals surface area contributed by atoms with Gasteiger partial charge in [-0.25, -0.2) is 0 Å². The lowest BCUT2D eigenvalue weighted by molar-refractivity contribution is 0.0300. The Morgan fingerprint density at radius 2 is 1.94 bits per heavy atom. The maximum Gasteiger partial charge on any atom is 0.0869 e. The van der Waals surface area contributed by atoms with Crippen molar-refractivity contribution in [1.82, 2.24) is 10.2 Å². The second-order valence-electron chi connectivity index (χ2n) is 6.41. The van der Waals surface area contributed by atoms with E-state index in [0.717, 1.165) is 6.42 Å². The van der Waals surface area contributed by atoms with Crippen LogP contribution < -0.4 is 5.32 Å². The minimum absolute atomic E-state index is 0.275. The number of nitrogens with zero attached hydrogens (tertiary/aromatic N) is 1. The molecular weight excluding hydrogens is 228 g/mol. The second kappa shape index (κ2) is 7.43. The lowest BCUT2D eigenvalue weighted by Gasteiger charge is -2.28. The van der Waals surface area contributed by atoms with Crippen molar-refractivity contribution in [2.75, 3.05) is 33.7 Å². The van der Waals surface area contributed by atoms with Gasteiger partial charge in [0.05, 0.1) is 11.7 Å². The standard InChI is InChI=1S/C14H30N2O2/c1-14(18,11-16(2)3)10-15-9-13(17)8-12-6-4-5-7-12/h12-13,15,17-18H,4-11H2,1-3H3. The van der Waals surface area contributed by atoms with Crippen molar-refractivity contribution in [3.05, 3.63) is 0 Å². The van der Waals surface area contributed by atoms with E-state index >= 15 is 0 Å². The topological polar surface area (TPSA) is 55.7 Å². The van der Waals surface area contributed by atoms with Gasteiger partial charge in [-0.1, -0.05) is 25.7 Å². The minimum atomic E-state index is -0.740. The van der Waals surface area contributed by atoms with Crippen LogP contribution in [0.15, 0.2) is 0 Å². The molecule has 2 atom stereocenters. The Morgan fingerprint density at radius 1 is 1.33 bits per heavy atom. The van der Waals surface area contributed by atoms with Crippen molar-refractivity contribution in [1.29, 1.82) is 0 Å². The van der Waals surface area contributed by atoms with Gasteiger partial charge in [0.15, 0.2) is 0 Å². The molecule has 4 nitrogen and oxygen atoms in total. The molecule has 0 spiro atoms. The molecule has 0 bridgehead atoms. The fourth-order valence-corrected chi connectivity index (χ4v) is 2.96. The summed E-state index contributed by atoms with van der Waals surface area (Å²) in [5.41, 5.74) is -0.740. The summed E-state index contributed by atoms with van der Waals surface area (Å²) in [6.07, 6.45) is 5.82. The predicted molar refractivity (Wildman–Crippen MR) is 74.6 cm³/mol. The van der Waals surface area contributed by atoms with Crippen molar-refractivity contribution in [2.45, 2.75) is 50.7 Å². The van der Waals surface area contributed by atoms with E-state index in [2.05, 4.69) is 5.32 Å². The predicted octanol–water partition coefficient (Wildman–Crippen LogP) is 0.830. The van der Waals surface area contributed by atoms with Crippen molar-refractivity contribution >= 4 is 0 Å². The molecule has 108 valence electrons. The summed E-state index contributed by atoms with van der Waals surface area (Å²) in [4.78, 5) is 1.97. The summed E-state index contributed by atoms with van der Waals surface area (Å²) in [6, 6.07) is 0. The third kappa shape index (κ3) is 6.69. The van der Waals surface area contributed by atoms with Crippen LogP contribution in [0.25, 0.3) is 0 Å². The number of aliphatic hydroxyl groups is 2. The van der Waals surface area contributed by atoms with Gasteiger partial charge in [-0.3, -0.25) is 0 Å². The zero-order valence-electron chi connectivity index (χ0n) is 12.2. The molecule has 18 heavy (non-hydrogen) atoms. The summed E-state index contributed by atoms with van der Waals surface area (Å²) < 4.78 is 0. The Labute approximate surface area is 111 Å². The Morgan fingerprint density at radius 3 is 2.50 bits per heavy atom. The number of likely N-dealkylation sites (N-methyl/N-ethyl adjacent to an activating group) is 1. The zero-order valence-corrected chi connectivity index (χ0v) is 12.2. The summed E-state index contributed by atoms with van der Waals surface area (Å²) in [5, 5.41) is 23.2. The lowest BCUT2D eigenvalue weighted by atomic mass is 10.00. The highest BCUT2D eigenvalue weighted by atomic mass is 16.3. The lowest BCUT2D eigenvalue weighted by Crippen LogP contribution is -2.47. The third-order valence-corrected chi connectivity index (χ3v) is 3.62. The van der Waals surface area contributed by atoms with Crippen LogP contribution in [0.1, 0.15) is 39.0 Å². The molecular formula is C14H30N2O2. The van der Waals surface area contributed by atoms with Gasteiger partial charge >= 0.3 is 0 Å². The first-order valence-electron chi connectivity index (χ1n) is 7.15. The first-order valence-corrected chi connectivity index (χ1v) is 7.15. The van der Waals surface area contributed by atoms with Gasteiger partial charge in [-0.2, -0.15) is 0 Å². The van der Waals surface area contributed by atoms with E-state index in [1.165, 1.54) is 25.7 Å². The molecule has 0 amide bonds. The molecule has 1 aliphatic carbocycles. The number of aliphatic hydroxyl groups excluding tert-OH is 1. The molecule has 2 unspecified atom stereocenters. The minimum Gasteiger partial charge on any atom is -0.392 e. The molecule has 3 N–H and O–H groups in total. The summed E-state index contributed by atoms with van der Waals surface area (Å²) in [7, 11) is 3.90. The summed E-state index contributed by atoms with van der Waals surface area (Å²) in [5.74, 6) is 0.712. The van der Waals surface area contributed by atoms with E-state index in [0.29, 0.717) is 25.6 Å². The Bertz CT molecular complexity index is 226. The Balaban J connectivity index is 2.12. The zero-order chi connectivity index (χ0) is 13.6. The highest BCUT2D eigenvalue weighted by Gasteiger charge is 2.22. The maximum absolute atomic E-state index is 10.1. The van der Waals surface area contributed by atoms with E-state index in [1.54, 1.807) is 0 Å². The van der Waals surface area contributed by atoms with Crippen LogP contribution in [-0.2, 0) is 0 Å². The largest absolute Gasteiger partial charge is 0.392 e. The fraction of sp³-hybridized carbons (Fsp3) is 1.00. The van der Waals surface area contributed by atoms with Crippen LogP contribution in [0.5, 0.6) is 0 Å². The highest BCUT2D eigenvalue weighted by molar-refractivity contribution is 4.79. The van der Waals surface area contributed by atoms with Gasteiger partial charge in [0.1, 0.15) is 0 Å². The molecule has 0 saturated heterocycles. The van der Waals surface area contributed by atoms with E-state index in [9.17, 15) is 10.2 Å². The van der Waals surface area contributed by atoms with Gasteiger partial charge < -0.3 is 20.4 Å². The molecule has 0 aromatic rings. The Hall–Kier alpha value is -0.160. The fourth-order valence-electron chi connectivity index (χ4n) is 2.96. The van der Waals surface area contributed by atoms with Gasteiger partial charge in [0, 0.05) is 19.6 Å². The van der Waals surface area contributed by atoms with Crippen LogP contribution in [0.2, 0.25) is 0 Å². The molecule has 0 aromatic heterocycles. The molecule has 4 heteroatoms. The normalized spacial score (nSPS) is 22.3. The van der Waals surface area contributed by atoms with Gasteiger partial charge in [0.25, 0.3) is 0 Å². The summed E-state index contributed by atoms with van der Waals surface area (Å²) >= 11 is 0. The molecule has 0 aliphatic heterocycles. The number of hydrogen-bond acceptors (Lipinski definition) is 4. The molecule has 0 aromatic carbocycles. The van der Waals surface area contributed by atoms with E-state index in [4.69, 9.17) is 0 Å². The van der Waals surface area contributed by atoms with Crippen LogP contribution >= 0.6 is 0 Å². The smallest absolute Gasteiger partial charge is 0.0869 e. The van der Waals surface area contributed by atoms with Crippen LogP contribution in [-0.4, -0.2) is 60.5 Å². The van der Waals surface area contributed by atoms with Crippen LogP contribution in [0.4, 0.5) is 0 Å². The van der Waals surface area contributed by atoms with Gasteiger partial charge in [-0.15, -0.1) is 0 Å². The number of nitrogens with one attached hydrogen (secondary N) is 1. The number of rotatable bonds is 8. The van der Waals surface area contributed by atoms with Gasteiger partial charge in [0.2, 0.25) is 0 Å². The monoisotopic (exact) mass is 258 g/mol. The molecule has 0 radical (unpaired) electrons. The van der Waals surface area contributed by atoms with Crippen molar-refractivity contribution in [3.63, 3.8) is 0 Å². The first-order chi connectivity index (χ1) is 8.39. The SMILES string of the molecule is CN(C)CC(C)(O)CNCC(O)CC1CCCC1. The molecule has 0 heterocycles. The molecule has 1 aliphatic rings. The average molecular weight is 258 g/mol. The van der Waals surface area contributed by atoms with Crippen LogP contribution in [0, 0.1) is 5.92 Å². The maximum atomic E-state index is 10.1. The quantitative estimate of drug-likeness (QED) is 0.604. The third-order valence-electron chi connectivity index (χ3n) is 3.62. The first kappa shape index (κ1) is 15.9. The van der Waals surface area contributed by atoms with Crippen molar-refractivity contribution in [3.8, 4) is 0 Å². The van der Waals surface area contributed by atoms with E-state index < -0.39 is 5.60 Å². The molecule has 1 saturated carbocycles. The summed E-state index contributed by atoms with van der Waals surface area (Å²) in [6.45, 7) is 3.55. The average Bonchev–Trinajstić information content (AvgIpc) is 2.67. The second-order valence-corrected chi connectivity index (χ2v) is 6.41. The van der Waals surface area contributed by atoms with Gasteiger partial charge in [-0.05, 0) is 33.4 Å². The molecule has 1 rings (SSSR count). The van der Waals surface area contributed by atoms with Crippen molar-refractivity contribution < 1.29 is 10.2 Å². The molecule has 1 fully saturated rings. The van der Waals surface area contributed by atoms with Crippen LogP contribution in [0.3, 0.4) is 0 Å². The number of hydrogen-bond donors (Lipinski definition) is 3. The van der Waals surface area contributed by atoms with E-state index in [1.807, 2.05) is 25.9 Å². The Kier molecular flexibility index (Phi) is 6.57. The highest BCUT2D eigenvalue weighted by Crippen LogP contribution is 2.28.